The Balaban J connectivity index is 1.62. The summed E-state index contributed by atoms with van der Waals surface area (Å²) in [6.07, 6.45) is 5.17. The molecule has 1 atom stereocenters. The summed E-state index contributed by atoms with van der Waals surface area (Å²) in [4.78, 5) is 12.8. The topological polar surface area (TPSA) is 56.2 Å². The van der Waals surface area contributed by atoms with Crippen LogP contribution in [-0.4, -0.2) is 22.3 Å². The lowest BCUT2D eigenvalue weighted by Crippen LogP contribution is -2.19. The largest absolute Gasteiger partial charge is 0.492 e. The fraction of sp³-hybridized carbons (Fsp3) is 0.444. The Morgan fingerprint density at radius 2 is 2.26 bits per heavy atom. The number of nitrogens with zero attached hydrogens (tertiary/aromatic N) is 2. The normalized spacial score (nSPS) is 17.5. The van der Waals surface area contributed by atoms with Crippen LogP contribution in [0.1, 0.15) is 47.3 Å². The van der Waals surface area contributed by atoms with Crippen molar-refractivity contribution in [2.45, 2.75) is 39.2 Å². The summed E-state index contributed by atoms with van der Waals surface area (Å²) in [6, 6.07) is 6.07. The second-order valence-electron chi connectivity index (χ2n) is 6.55. The molecule has 5 heteroatoms. The maximum Gasteiger partial charge on any atom is 0.260 e. The van der Waals surface area contributed by atoms with Crippen molar-refractivity contribution in [2.24, 2.45) is 5.92 Å². The first kappa shape index (κ1) is 14.3. The number of benzene rings is 1. The molecule has 1 fully saturated rings. The van der Waals surface area contributed by atoms with E-state index in [2.05, 4.69) is 17.3 Å². The highest BCUT2D eigenvalue weighted by atomic mass is 16.5. The zero-order chi connectivity index (χ0) is 16.0. The van der Waals surface area contributed by atoms with E-state index in [1.807, 2.05) is 36.0 Å². The van der Waals surface area contributed by atoms with Crippen molar-refractivity contribution in [3.63, 3.8) is 0 Å². The number of hydrogen-bond donors (Lipinski definition) is 1. The number of aryl methyl sites for hydroxylation is 1. The van der Waals surface area contributed by atoms with Crippen molar-refractivity contribution in [2.75, 3.05) is 11.9 Å². The Labute approximate surface area is 135 Å². The van der Waals surface area contributed by atoms with Gasteiger partial charge in [0.1, 0.15) is 11.6 Å². The number of rotatable bonds is 4. The highest BCUT2D eigenvalue weighted by Crippen LogP contribution is 2.40. The van der Waals surface area contributed by atoms with E-state index in [4.69, 9.17) is 4.74 Å². The van der Waals surface area contributed by atoms with Gasteiger partial charge in [-0.05, 0) is 44.2 Å². The predicted molar refractivity (Wildman–Crippen MR) is 88.0 cm³/mol. The summed E-state index contributed by atoms with van der Waals surface area (Å²) < 4.78 is 7.60. The number of ether oxygens (including phenoxy) is 1. The molecule has 1 saturated carbocycles. The molecule has 23 heavy (non-hydrogen) atoms. The standard InChI is InChI=1S/C18H21N3O2/c1-11-10-19-21(12(2)13-6-7-13)17(11)20-18(22)15-5-3-4-14-8-9-23-16(14)15/h3-5,10,12-13H,6-9H2,1-2H3,(H,20,22)/t12-/m1/s1. The molecule has 0 unspecified atom stereocenters. The molecule has 1 N–H and O–H groups in total. The Kier molecular flexibility index (Phi) is 3.36. The van der Waals surface area contributed by atoms with Crippen LogP contribution < -0.4 is 10.1 Å². The van der Waals surface area contributed by atoms with Gasteiger partial charge in [0.15, 0.2) is 0 Å². The highest BCUT2D eigenvalue weighted by Gasteiger charge is 2.31. The van der Waals surface area contributed by atoms with Crippen LogP contribution in [0.4, 0.5) is 5.82 Å². The van der Waals surface area contributed by atoms with E-state index in [0.29, 0.717) is 24.1 Å². The van der Waals surface area contributed by atoms with Crippen LogP contribution in [0.25, 0.3) is 0 Å². The fourth-order valence-corrected chi connectivity index (χ4v) is 3.26. The third-order valence-electron chi connectivity index (χ3n) is 4.86. The summed E-state index contributed by atoms with van der Waals surface area (Å²) in [6.45, 7) is 4.79. The van der Waals surface area contributed by atoms with Crippen LogP contribution in [0.2, 0.25) is 0 Å². The summed E-state index contributed by atoms with van der Waals surface area (Å²) >= 11 is 0. The van der Waals surface area contributed by atoms with Crippen LogP contribution in [-0.2, 0) is 6.42 Å². The van der Waals surface area contributed by atoms with E-state index in [-0.39, 0.29) is 5.91 Å². The van der Waals surface area contributed by atoms with Gasteiger partial charge in [0, 0.05) is 12.0 Å². The average Bonchev–Trinajstić information content (AvgIpc) is 3.19. The number of aromatic nitrogens is 2. The molecule has 0 spiro atoms. The number of carbonyl (C=O) groups is 1. The van der Waals surface area contributed by atoms with Crippen molar-refractivity contribution in [3.05, 3.63) is 41.1 Å². The Bertz CT molecular complexity index is 762. The van der Waals surface area contributed by atoms with Gasteiger partial charge in [0.25, 0.3) is 5.91 Å². The second-order valence-corrected chi connectivity index (χ2v) is 6.55. The van der Waals surface area contributed by atoms with E-state index < -0.39 is 0 Å². The first-order valence-corrected chi connectivity index (χ1v) is 8.25. The van der Waals surface area contributed by atoms with Crippen molar-refractivity contribution < 1.29 is 9.53 Å². The minimum Gasteiger partial charge on any atom is -0.492 e. The van der Waals surface area contributed by atoms with Crippen LogP contribution in [0.5, 0.6) is 5.75 Å². The molecule has 2 aromatic rings. The number of para-hydroxylation sites is 1. The molecular formula is C18H21N3O2. The van der Waals surface area contributed by atoms with Crippen LogP contribution >= 0.6 is 0 Å². The lowest BCUT2D eigenvalue weighted by atomic mass is 10.1. The third kappa shape index (κ3) is 2.50. The molecule has 4 rings (SSSR count). The molecule has 1 aliphatic heterocycles. The fourth-order valence-electron chi connectivity index (χ4n) is 3.26. The van der Waals surface area contributed by atoms with E-state index >= 15 is 0 Å². The number of nitrogens with one attached hydrogen (secondary N) is 1. The molecule has 0 saturated heterocycles. The maximum atomic E-state index is 12.8. The molecule has 1 amide bonds. The molecule has 1 aromatic carbocycles. The SMILES string of the molecule is Cc1cnn([C@H](C)C2CC2)c1NC(=O)c1cccc2c1OCC2. The second kappa shape index (κ2) is 5.41. The van der Waals surface area contributed by atoms with Gasteiger partial charge in [-0.15, -0.1) is 0 Å². The lowest BCUT2D eigenvalue weighted by molar-refractivity contribution is 0.102. The third-order valence-corrected chi connectivity index (χ3v) is 4.86. The molecule has 1 aliphatic carbocycles. The first-order chi connectivity index (χ1) is 11.1. The highest BCUT2D eigenvalue weighted by molar-refractivity contribution is 6.06. The number of anilines is 1. The van der Waals surface area contributed by atoms with Gasteiger partial charge in [-0.25, -0.2) is 4.68 Å². The zero-order valence-electron chi connectivity index (χ0n) is 13.5. The minimum absolute atomic E-state index is 0.128. The number of fused-ring (bicyclic) bond motifs is 1. The van der Waals surface area contributed by atoms with Gasteiger partial charge in [0.2, 0.25) is 0 Å². The number of carbonyl (C=O) groups excluding carboxylic acids is 1. The van der Waals surface area contributed by atoms with Gasteiger partial charge in [-0.3, -0.25) is 4.79 Å². The van der Waals surface area contributed by atoms with Crippen molar-refractivity contribution >= 4 is 11.7 Å². The Morgan fingerprint density at radius 3 is 3.04 bits per heavy atom. The molecule has 0 bridgehead atoms. The quantitative estimate of drug-likeness (QED) is 0.942. The van der Waals surface area contributed by atoms with Gasteiger partial charge < -0.3 is 10.1 Å². The summed E-state index contributed by atoms with van der Waals surface area (Å²) in [7, 11) is 0. The molecule has 120 valence electrons. The van der Waals surface area contributed by atoms with Gasteiger partial charge in [-0.2, -0.15) is 5.10 Å². The average molecular weight is 311 g/mol. The van der Waals surface area contributed by atoms with E-state index in [0.717, 1.165) is 29.1 Å². The van der Waals surface area contributed by atoms with Gasteiger partial charge >= 0.3 is 0 Å². The monoisotopic (exact) mass is 311 g/mol. The molecule has 1 aromatic heterocycles. The molecular weight excluding hydrogens is 290 g/mol. The van der Waals surface area contributed by atoms with Crippen LogP contribution in [0.15, 0.2) is 24.4 Å². The Hall–Kier alpha value is -2.30. The van der Waals surface area contributed by atoms with Crippen LogP contribution in [0.3, 0.4) is 0 Å². The smallest absolute Gasteiger partial charge is 0.260 e. The molecule has 2 aliphatic rings. The number of amides is 1. The zero-order valence-corrected chi connectivity index (χ0v) is 13.5. The van der Waals surface area contributed by atoms with Crippen molar-refractivity contribution in [1.29, 1.82) is 0 Å². The molecule has 5 nitrogen and oxygen atoms in total. The molecule has 0 radical (unpaired) electrons. The first-order valence-electron chi connectivity index (χ1n) is 8.25. The predicted octanol–water partition coefficient (Wildman–Crippen LogP) is 3.35. The molecule has 2 heterocycles. The van der Waals surface area contributed by atoms with Crippen LogP contribution in [0, 0.1) is 12.8 Å². The van der Waals surface area contributed by atoms with Crippen molar-refractivity contribution in [3.8, 4) is 5.75 Å². The van der Waals surface area contributed by atoms with Crippen molar-refractivity contribution in [1.82, 2.24) is 9.78 Å². The van der Waals surface area contributed by atoms with Gasteiger partial charge in [0.05, 0.1) is 24.4 Å². The van der Waals surface area contributed by atoms with E-state index in [1.54, 1.807) is 0 Å². The van der Waals surface area contributed by atoms with Gasteiger partial charge in [-0.1, -0.05) is 12.1 Å². The maximum absolute atomic E-state index is 12.8. The lowest BCUT2D eigenvalue weighted by Gasteiger charge is -2.16. The Morgan fingerprint density at radius 1 is 1.43 bits per heavy atom. The number of hydrogen-bond acceptors (Lipinski definition) is 3. The minimum atomic E-state index is -0.128. The van der Waals surface area contributed by atoms with E-state index in [9.17, 15) is 4.79 Å². The summed E-state index contributed by atoms with van der Waals surface area (Å²) in [5, 5.41) is 7.52. The summed E-state index contributed by atoms with van der Waals surface area (Å²) in [5.41, 5.74) is 2.69. The summed E-state index contributed by atoms with van der Waals surface area (Å²) in [5.74, 6) is 2.07. The van der Waals surface area contributed by atoms with E-state index in [1.165, 1.54) is 12.8 Å².